The van der Waals surface area contributed by atoms with Crippen LogP contribution in [0.4, 0.5) is 10.1 Å². The van der Waals surface area contributed by atoms with E-state index in [2.05, 4.69) is 4.98 Å². The molecule has 0 spiro atoms. The second-order valence-electron chi connectivity index (χ2n) is 4.09. The van der Waals surface area contributed by atoms with Crippen LogP contribution in [0.2, 0.25) is 0 Å². The average molecular weight is 258 g/mol. The van der Waals surface area contributed by atoms with Gasteiger partial charge in [-0.3, -0.25) is 0 Å². The van der Waals surface area contributed by atoms with Crippen molar-refractivity contribution in [2.24, 2.45) is 0 Å². The molecule has 0 fully saturated rings. The van der Waals surface area contributed by atoms with Crippen LogP contribution in [0.5, 0.6) is 5.75 Å². The van der Waals surface area contributed by atoms with Crippen molar-refractivity contribution in [1.82, 2.24) is 4.98 Å². The van der Waals surface area contributed by atoms with Gasteiger partial charge in [0, 0.05) is 11.8 Å². The van der Waals surface area contributed by atoms with E-state index in [4.69, 9.17) is 14.9 Å². The largest absolute Gasteiger partial charge is 0.497 e. The minimum absolute atomic E-state index is 0.202. The number of nitrogens with two attached hydrogens (primary N) is 1. The highest BCUT2D eigenvalue weighted by Crippen LogP contribution is 2.29. The Hall–Kier alpha value is -2.56. The number of oxazole rings is 1. The van der Waals surface area contributed by atoms with Gasteiger partial charge in [-0.1, -0.05) is 0 Å². The van der Waals surface area contributed by atoms with Gasteiger partial charge in [-0.25, -0.2) is 9.37 Å². The highest BCUT2D eigenvalue weighted by molar-refractivity contribution is 5.78. The van der Waals surface area contributed by atoms with Gasteiger partial charge in [-0.05, 0) is 30.3 Å². The maximum Gasteiger partial charge on any atom is 0.230 e. The smallest absolute Gasteiger partial charge is 0.230 e. The lowest BCUT2D eigenvalue weighted by atomic mass is 10.2. The van der Waals surface area contributed by atoms with Crippen LogP contribution >= 0.6 is 0 Å². The molecule has 5 heteroatoms. The third-order valence-corrected chi connectivity index (χ3v) is 2.82. The topological polar surface area (TPSA) is 61.3 Å². The molecule has 1 heterocycles. The fourth-order valence-electron chi connectivity index (χ4n) is 1.86. The van der Waals surface area contributed by atoms with Crippen LogP contribution in [-0.4, -0.2) is 12.1 Å². The third kappa shape index (κ3) is 1.99. The van der Waals surface area contributed by atoms with E-state index in [1.54, 1.807) is 25.3 Å². The number of methoxy groups -OCH3 is 1. The van der Waals surface area contributed by atoms with E-state index >= 15 is 0 Å². The lowest BCUT2D eigenvalue weighted by Crippen LogP contribution is -1.89. The van der Waals surface area contributed by atoms with Gasteiger partial charge in [0.05, 0.1) is 12.7 Å². The molecule has 1 aromatic heterocycles. The van der Waals surface area contributed by atoms with E-state index in [9.17, 15) is 4.39 Å². The summed E-state index contributed by atoms with van der Waals surface area (Å²) in [5, 5.41) is 0. The first-order valence-electron chi connectivity index (χ1n) is 5.67. The molecule has 0 aliphatic heterocycles. The monoisotopic (exact) mass is 258 g/mol. The molecule has 0 aliphatic carbocycles. The van der Waals surface area contributed by atoms with Crippen molar-refractivity contribution in [1.29, 1.82) is 0 Å². The normalized spacial score (nSPS) is 10.8. The predicted octanol–water partition coefficient (Wildman–Crippen LogP) is 3.22. The van der Waals surface area contributed by atoms with Crippen molar-refractivity contribution in [2.45, 2.75) is 0 Å². The summed E-state index contributed by atoms with van der Waals surface area (Å²) in [6, 6.07) is 9.50. The minimum Gasteiger partial charge on any atom is -0.497 e. The summed E-state index contributed by atoms with van der Waals surface area (Å²) in [5.41, 5.74) is 7.52. The number of rotatable bonds is 2. The molecular weight excluding hydrogens is 247 g/mol. The van der Waals surface area contributed by atoms with Crippen LogP contribution in [0.1, 0.15) is 0 Å². The third-order valence-electron chi connectivity index (χ3n) is 2.82. The number of ether oxygens (including phenoxy) is 1. The summed E-state index contributed by atoms with van der Waals surface area (Å²) >= 11 is 0. The fourth-order valence-corrected chi connectivity index (χ4v) is 1.86. The second kappa shape index (κ2) is 4.28. The van der Waals surface area contributed by atoms with Crippen molar-refractivity contribution in [3.8, 4) is 17.2 Å². The number of hydrogen-bond donors (Lipinski definition) is 1. The Labute approximate surface area is 108 Å². The quantitative estimate of drug-likeness (QED) is 0.717. The maximum absolute atomic E-state index is 13.7. The zero-order valence-corrected chi connectivity index (χ0v) is 10.2. The Morgan fingerprint density at radius 2 is 2.05 bits per heavy atom. The molecule has 96 valence electrons. The molecule has 0 saturated heterocycles. The molecule has 0 aliphatic rings. The lowest BCUT2D eigenvalue weighted by molar-refractivity contribution is 0.415. The molecule has 0 saturated carbocycles. The van der Waals surface area contributed by atoms with Crippen LogP contribution in [-0.2, 0) is 0 Å². The molecule has 2 N–H and O–H groups in total. The Balaban J connectivity index is 2.17. The molecule has 0 bridgehead atoms. The summed E-state index contributed by atoms with van der Waals surface area (Å²) in [7, 11) is 1.57. The summed E-state index contributed by atoms with van der Waals surface area (Å²) in [4.78, 5) is 4.25. The molecule has 0 radical (unpaired) electrons. The van der Waals surface area contributed by atoms with Gasteiger partial charge >= 0.3 is 0 Å². The first-order chi connectivity index (χ1) is 9.17. The molecule has 0 amide bonds. The van der Waals surface area contributed by atoms with Gasteiger partial charge in [0.1, 0.15) is 17.1 Å². The summed E-state index contributed by atoms with van der Waals surface area (Å²) in [5.74, 6) is 0.446. The number of nitrogen functional groups attached to an aromatic ring is 1. The SMILES string of the molecule is COc1ccc2oc(-c3cc(N)ccc3F)nc2c1. The summed E-state index contributed by atoms with van der Waals surface area (Å²) < 4.78 is 24.4. The first-order valence-corrected chi connectivity index (χ1v) is 5.67. The van der Waals surface area contributed by atoms with Crippen molar-refractivity contribution in [3.05, 3.63) is 42.2 Å². The van der Waals surface area contributed by atoms with E-state index in [0.717, 1.165) is 0 Å². The standard InChI is InChI=1S/C14H11FN2O2/c1-18-9-3-5-13-12(7-9)17-14(19-13)10-6-8(16)2-4-11(10)15/h2-7H,16H2,1H3. The van der Waals surface area contributed by atoms with Gasteiger partial charge in [0.15, 0.2) is 5.58 Å². The highest BCUT2D eigenvalue weighted by Gasteiger charge is 2.13. The van der Waals surface area contributed by atoms with Crippen LogP contribution in [0, 0.1) is 5.82 Å². The highest BCUT2D eigenvalue weighted by atomic mass is 19.1. The number of aromatic nitrogens is 1. The zero-order chi connectivity index (χ0) is 13.4. The number of anilines is 1. The molecule has 3 rings (SSSR count). The van der Waals surface area contributed by atoms with Crippen molar-refractivity contribution >= 4 is 16.8 Å². The van der Waals surface area contributed by atoms with E-state index in [1.165, 1.54) is 18.2 Å². The zero-order valence-electron chi connectivity index (χ0n) is 10.2. The number of fused-ring (bicyclic) bond motifs is 1. The van der Waals surface area contributed by atoms with Crippen LogP contribution in [0.25, 0.3) is 22.6 Å². The Morgan fingerprint density at radius 1 is 1.21 bits per heavy atom. The maximum atomic E-state index is 13.7. The lowest BCUT2D eigenvalue weighted by Gasteiger charge is -1.99. The fraction of sp³-hybridized carbons (Fsp3) is 0.0714. The summed E-state index contributed by atoms with van der Waals surface area (Å²) in [6.45, 7) is 0. The van der Waals surface area contributed by atoms with Crippen LogP contribution < -0.4 is 10.5 Å². The Kier molecular flexibility index (Phi) is 2.59. The molecule has 19 heavy (non-hydrogen) atoms. The van der Waals surface area contributed by atoms with Gasteiger partial charge in [-0.2, -0.15) is 0 Å². The predicted molar refractivity (Wildman–Crippen MR) is 70.4 cm³/mol. The van der Waals surface area contributed by atoms with Crippen LogP contribution in [0.15, 0.2) is 40.8 Å². The van der Waals surface area contributed by atoms with Crippen molar-refractivity contribution in [3.63, 3.8) is 0 Å². The van der Waals surface area contributed by atoms with Gasteiger partial charge in [0.2, 0.25) is 5.89 Å². The van der Waals surface area contributed by atoms with E-state index in [1.807, 2.05) is 0 Å². The van der Waals surface area contributed by atoms with Gasteiger partial charge in [-0.15, -0.1) is 0 Å². The molecule has 4 nitrogen and oxygen atoms in total. The minimum atomic E-state index is -0.423. The number of hydrogen-bond acceptors (Lipinski definition) is 4. The molecule has 3 aromatic rings. The summed E-state index contributed by atoms with van der Waals surface area (Å²) in [6.07, 6.45) is 0. The van der Waals surface area contributed by atoms with E-state index in [-0.39, 0.29) is 11.5 Å². The molecule has 0 unspecified atom stereocenters. The number of benzene rings is 2. The van der Waals surface area contributed by atoms with E-state index in [0.29, 0.717) is 22.5 Å². The van der Waals surface area contributed by atoms with Gasteiger partial charge in [0.25, 0.3) is 0 Å². The molecule has 2 aromatic carbocycles. The van der Waals surface area contributed by atoms with Crippen LogP contribution in [0.3, 0.4) is 0 Å². The number of halogens is 1. The average Bonchev–Trinajstić information content (AvgIpc) is 2.83. The van der Waals surface area contributed by atoms with Gasteiger partial charge < -0.3 is 14.9 Å². The Morgan fingerprint density at radius 3 is 2.84 bits per heavy atom. The first kappa shape index (κ1) is 11.5. The van der Waals surface area contributed by atoms with Crippen molar-refractivity contribution < 1.29 is 13.5 Å². The second-order valence-corrected chi connectivity index (χ2v) is 4.09. The molecule has 0 atom stereocenters. The number of nitrogens with zero attached hydrogens (tertiary/aromatic N) is 1. The van der Waals surface area contributed by atoms with Crippen molar-refractivity contribution in [2.75, 3.05) is 12.8 Å². The van der Waals surface area contributed by atoms with E-state index < -0.39 is 5.82 Å². The Bertz CT molecular complexity index is 752. The molecular formula is C14H11FN2O2.